The summed E-state index contributed by atoms with van der Waals surface area (Å²) in [4.78, 5) is 16.8. The number of allylic oxidation sites excluding steroid dienone is 1. The number of aryl methyl sites for hydroxylation is 1. The van der Waals surface area contributed by atoms with E-state index in [1.165, 1.54) is 6.07 Å². The average molecular weight is 251 g/mol. The van der Waals surface area contributed by atoms with Gasteiger partial charge in [0.05, 0.1) is 12.3 Å². The molecule has 1 rings (SSSR count). The predicted octanol–water partition coefficient (Wildman–Crippen LogP) is 1.98. The quantitative estimate of drug-likeness (QED) is 0.459. The van der Waals surface area contributed by atoms with Crippen molar-refractivity contribution in [2.75, 3.05) is 6.61 Å². The number of hydrogen-bond acceptors (Lipinski definition) is 5. The molecule has 5 heteroatoms. The van der Waals surface area contributed by atoms with E-state index in [0.29, 0.717) is 17.9 Å². The molecule has 0 aliphatic rings. The van der Waals surface area contributed by atoms with Crippen LogP contribution in [0, 0.1) is 0 Å². The highest BCUT2D eigenvalue weighted by atomic mass is 16.6. The number of aromatic hydroxyl groups is 1. The van der Waals surface area contributed by atoms with Gasteiger partial charge < -0.3 is 9.52 Å². The van der Waals surface area contributed by atoms with Gasteiger partial charge in [-0.2, -0.15) is 0 Å². The molecule has 0 atom stereocenters. The van der Waals surface area contributed by atoms with E-state index >= 15 is 0 Å². The normalized spacial score (nSPS) is 11.3. The highest BCUT2D eigenvalue weighted by Crippen LogP contribution is 2.21. The van der Waals surface area contributed by atoms with Gasteiger partial charge in [-0.15, -0.1) is 6.58 Å². The van der Waals surface area contributed by atoms with Gasteiger partial charge in [-0.25, -0.2) is 4.79 Å². The summed E-state index contributed by atoms with van der Waals surface area (Å²) in [5, 5.41) is 9.84. The molecular formula is C13H17NO4. The molecule has 18 heavy (non-hydrogen) atoms. The fraction of sp³-hybridized carbons (Fsp3) is 0.308. The Hall–Kier alpha value is -2.01. The van der Waals surface area contributed by atoms with Crippen LogP contribution in [0.2, 0.25) is 0 Å². The SMILES string of the molecule is C=CCONC(=CC)c1c(O)cc(CC)oc1=O. The first-order chi connectivity index (χ1) is 8.63. The Labute approximate surface area is 105 Å². The van der Waals surface area contributed by atoms with Crippen LogP contribution in [0.25, 0.3) is 5.70 Å². The van der Waals surface area contributed by atoms with Crippen molar-refractivity contribution < 1.29 is 14.4 Å². The first-order valence-corrected chi connectivity index (χ1v) is 5.65. The van der Waals surface area contributed by atoms with Crippen molar-refractivity contribution in [2.24, 2.45) is 0 Å². The van der Waals surface area contributed by atoms with Crippen molar-refractivity contribution in [1.29, 1.82) is 0 Å². The third kappa shape index (κ3) is 3.24. The maximum absolute atomic E-state index is 11.8. The van der Waals surface area contributed by atoms with E-state index in [2.05, 4.69) is 12.1 Å². The van der Waals surface area contributed by atoms with Crippen molar-refractivity contribution in [3.05, 3.63) is 46.5 Å². The monoisotopic (exact) mass is 251 g/mol. The fourth-order valence-corrected chi connectivity index (χ4v) is 1.38. The maximum atomic E-state index is 11.8. The van der Waals surface area contributed by atoms with Crippen LogP contribution in [0.15, 0.2) is 34.0 Å². The molecule has 0 unspecified atom stereocenters. The summed E-state index contributed by atoms with van der Waals surface area (Å²) in [7, 11) is 0. The van der Waals surface area contributed by atoms with Gasteiger partial charge in [0, 0.05) is 12.5 Å². The van der Waals surface area contributed by atoms with Gasteiger partial charge in [0.2, 0.25) is 0 Å². The second-order valence-corrected chi connectivity index (χ2v) is 3.52. The molecule has 1 aromatic heterocycles. The molecule has 0 amide bonds. The summed E-state index contributed by atoms with van der Waals surface area (Å²) in [5.74, 6) is 0.301. The van der Waals surface area contributed by atoms with Gasteiger partial charge in [-0.05, 0) is 6.92 Å². The molecule has 0 aliphatic carbocycles. The molecule has 2 N–H and O–H groups in total. The van der Waals surface area contributed by atoms with E-state index in [9.17, 15) is 9.90 Å². The molecule has 1 aromatic rings. The lowest BCUT2D eigenvalue weighted by molar-refractivity contribution is 0.103. The smallest absolute Gasteiger partial charge is 0.349 e. The molecule has 98 valence electrons. The lowest BCUT2D eigenvalue weighted by atomic mass is 10.1. The van der Waals surface area contributed by atoms with Crippen LogP contribution in [0.5, 0.6) is 5.75 Å². The Morgan fingerprint density at radius 3 is 2.89 bits per heavy atom. The summed E-state index contributed by atoms with van der Waals surface area (Å²) in [5.41, 5.74) is 2.38. The third-order valence-corrected chi connectivity index (χ3v) is 2.27. The van der Waals surface area contributed by atoms with E-state index in [1.807, 2.05) is 6.92 Å². The van der Waals surface area contributed by atoms with Gasteiger partial charge in [-0.1, -0.05) is 19.1 Å². The maximum Gasteiger partial charge on any atom is 0.349 e. The molecule has 0 saturated heterocycles. The van der Waals surface area contributed by atoms with Crippen LogP contribution in [0.3, 0.4) is 0 Å². The minimum absolute atomic E-state index is 0.0544. The van der Waals surface area contributed by atoms with E-state index in [-0.39, 0.29) is 17.9 Å². The predicted molar refractivity (Wildman–Crippen MR) is 69.0 cm³/mol. The van der Waals surface area contributed by atoms with Crippen molar-refractivity contribution >= 4 is 5.70 Å². The second-order valence-electron chi connectivity index (χ2n) is 3.52. The van der Waals surface area contributed by atoms with Gasteiger partial charge in [0.25, 0.3) is 0 Å². The Kier molecular flexibility index (Phi) is 5.20. The van der Waals surface area contributed by atoms with Crippen LogP contribution < -0.4 is 11.1 Å². The zero-order chi connectivity index (χ0) is 13.5. The largest absolute Gasteiger partial charge is 0.507 e. The first-order valence-electron chi connectivity index (χ1n) is 5.65. The highest BCUT2D eigenvalue weighted by molar-refractivity contribution is 5.66. The van der Waals surface area contributed by atoms with Crippen LogP contribution in [-0.4, -0.2) is 11.7 Å². The first kappa shape index (κ1) is 14.1. The van der Waals surface area contributed by atoms with Crippen LogP contribution in [-0.2, 0) is 11.3 Å². The minimum Gasteiger partial charge on any atom is -0.507 e. The van der Waals surface area contributed by atoms with E-state index in [4.69, 9.17) is 9.25 Å². The standard InChI is InChI=1S/C13H17NO4/c1-4-7-17-14-10(6-3)12-11(15)8-9(5-2)18-13(12)16/h4,6,8,14-15H,1,5,7H2,2-3H3. The zero-order valence-corrected chi connectivity index (χ0v) is 10.5. The van der Waals surface area contributed by atoms with Crippen molar-refractivity contribution in [3.63, 3.8) is 0 Å². The molecule has 0 spiro atoms. The molecule has 5 nitrogen and oxygen atoms in total. The summed E-state index contributed by atoms with van der Waals surface area (Å²) in [6.45, 7) is 7.32. The van der Waals surface area contributed by atoms with Crippen molar-refractivity contribution in [3.8, 4) is 5.75 Å². The molecule has 1 heterocycles. The van der Waals surface area contributed by atoms with Crippen LogP contribution >= 0.6 is 0 Å². The number of rotatable bonds is 6. The minimum atomic E-state index is -0.602. The lowest BCUT2D eigenvalue weighted by Crippen LogP contribution is -2.19. The topological polar surface area (TPSA) is 71.7 Å². The van der Waals surface area contributed by atoms with E-state index < -0.39 is 5.63 Å². The van der Waals surface area contributed by atoms with Gasteiger partial charge in [0.15, 0.2) is 0 Å². The van der Waals surface area contributed by atoms with Crippen molar-refractivity contribution in [2.45, 2.75) is 20.3 Å². The molecule has 0 radical (unpaired) electrons. The molecule has 0 aliphatic heterocycles. The van der Waals surface area contributed by atoms with Crippen LogP contribution in [0.4, 0.5) is 0 Å². The number of nitrogens with one attached hydrogen (secondary N) is 1. The molecule has 0 fully saturated rings. The lowest BCUT2D eigenvalue weighted by Gasteiger charge is -2.10. The molecule has 0 aromatic carbocycles. The van der Waals surface area contributed by atoms with E-state index in [1.54, 1.807) is 19.1 Å². The Balaban J connectivity index is 3.07. The summed E-state index contributed by atoms with van der Waals surface area (Å²) in [6, 6.07) is 1.43. The van der Waals surface area contributed by atoms with Gasteiger partial charge >= 0.3 is 5.63 Å². The van der Waals surface area contributed by atoms with Gasteiger partial charge in [0.1, 0.15) is 17.1 Å². The second kappa shape index (κ2) is 6.66. The Bertz CT molecular complexity index is 502. The Morgan fingerprint density at radius 1 is 1.67 bits per heavy atom. The Morgan fingerprint density at radius 2 is 2.39 bits per heavy atom. The highest BCUT2D eigenvalue weighted by Gasteiger charge is 2.14. The van der Waals surface area contributed by atoms with Gasteiger partial charge in [-0.3, -0.25) is 10.3 Å². The summed E-state index contributed by atoms with van der Waals surface area (Å²) < 4.78 is 5.06. The number of hydroxylamine groups is 1. The summed E-state index contributed by atoms with van der Waals surface area (Å²) >= 11 is 0. The van der Waals surface area contributed by atoms with Crippen molar-refractivity contribution in [1.82, 2.24) is 5.48 Å². The fourth-order valence-electron chi connectivity index (χ4n) is 1.38. The van der Waals surface area contributed by atoms with Crippen LogP contribution in [0.1, 0.15) is 25.2 Å². The third-order valence-electron chi connectivity index (χ3n) is 2.27. The number of hydrogen-bond donors (Lipinski definition) is 2. The average Bonchev–Trinajstić information content (AvgIpc) is 2.35. The zero-order valence-electron chi connectivity index (χ0n) is 10.5. The van der Waals surface area contributed by atoms with E-state index in [0.717, 1.165) is 0 Å². The molecule has 0 saturated carbocycles. The molecule has 0 bridgehead atoms. The molecular weight excluding hydrogens is 234 g/mol. The summed E-state index contributed by atoms with van der Waals surface area (Å²) in [6.07, 6.45) is 3.71.